The third-order valence-corrected chi connectivity index (χ3v) is 7.52. The molecule has 1 aromatic carbocycles. The molecule has 0 unspecified atom stereocenters. The zero-order chi connectivity index (χ0) is 24.9. The van der Waals surface area contributed by atoms with E-state index in [9.17, 15) is 19.5 Å². The number of methoxy groups -OCH3 is 1. The predicted molar refractivity (Wildman–Crippen MR) is 135 cm³/mol. The van der Waals surface area contributed by atoms with E-state index in [1.807, 2.05) is 42.6 Å². The second-order valence-electron chi connectivity index (χ2n) is 8.80. The maximum absolute atomic E-state index is 13.4. The van der Waals surface area contributed by atoms with Gasteiger partial charge < -0.3 is 24.6 Å². The topological polar surface area (TPSA) is 101 Å². The minimum atomic E-state index is -0.215. The van der Waals surface area contributed by atoms with E-state index >= 15 is 0 Å². The first-order chi connectivity index (χ1) is 16.9. The van der Waals surface area contributed by atoms with Crippen molar-refractivity contribution in [1.82, 2.24) is 9.88 Å². The monoisotopic (exact) mass is 497 g/mol. The molecule has 2 amide bonds. The first kappa shape index (κ1) is 24.9. The van der Waals surface area contributed by atoms with Crippen molar-refractivity contribution in [3.8, 4) is 0 Å². The molecule has 0 saturated heterocycles. The van der Waals surface area contributed by atoms with Crippen molar-refractivity contribution in [2.75, 3.05) is 18.6 Å². The zero-order valence-corrected chi connectivity index (χ0v) is 20.8. The van der Waals surface area contributed by atoms with Crippen LogP contribution in [-0.2, 0) is 27.5 Å². The molecule has 186 valence electrons. The quantitative estimate of drug-likeness (QED) is 0.462. The van der Waals surface area contributed by atoms with Gasteiger partial charge in [-0.2, -0.15) is 0 Å². The number of hydrogen-bond donors (Lipinski definition) is 2. The van der Waals surface area contributed by atoms with E-state index in [1.54, 1.807) is 15.5 Å². The number of likely N-dealkylation sites (N-methyl/N-ethyl adjacent to an activating group) is 1. The molecule has 1 fully saturated rings. The molecule has 8 nitrogen and oxygen atoms in total. The molecular formula is C26H31N3O5S. The standard InChI is InChI=1S/C26H31N3O5S/c1-3-28(20-6-4-5-17(13-20)16-30)24(31)15-29-21-11-12-35-23(21)14-22(29)25(32)27-19-9-7-18(8-10-19)26(33)34-2/h4-6,11-14,18-19,30H,3,7-10,15-16H2,1-2H3,(H,27,32). The van der Waals surface area contributed by atoms with Crippen LogP contribution in [0, 0.1) is 5.92 Å². The van der Waals surface area contributed by atoms with Gasteiger partial charge in [0.15, 0.2) is 0 Å². The molecule has 3 aromatic rings. The highest BCUT2D eigenvalue weighted by atomic mass is 32.1. The number of carbonyl (C=O) groups is 3. The Balaban J connectivity index is 1.51. The van der Waals surface area contributed by atoms with Crippen LogP contribution in [0.25, 0.3) is 10.2 Å². The number of hydrogen-bond acceptors (Lipinski definition) is 6. The summed E-state index contributed by atoms with van der Waals surface area (Å²) in [5, 5.41) is 14.5. The molecule has 9 heteroatoms. The van der Waals surface area contributed by atoms with E-state index in [1.165, 1.54) is 18.4 Å². The molecule has 0 radical (unpaired) electrons. The van der Waals surface area contributed by atoms with Gasteiger partial charge in [-0.3, -0.25) is 14.4 Å². The number of esters is 1. The Morgan fingerprint density at radius 1 is 1.17 bits per heavy atom. The summed E-state index contributed by atoms with van der Waals surface area (Å²) in [5.74, 6) is -0.649. The van der Waals surface area contributed by atoms with Crippen molar-refractivity contribution < 1.29 is 24.2 Å². The number of benzene rings is 1. The fourth-order valence-electron chi connectivity index (χ4n) is 4.78. The molecule has 0 spiro atoms. The Labute approximate surface area is 208 Å². The highest BCUT2D eigenvalue weighted by Crippen LogP contribution is 2.28. The fraction of sp³-hybridized carbons (Fsp3) is 0.423. The van der Waals surface area contributed by atoms with Gasteiger partial charge in [-0.25, -0.2) is 0 Å². The maximum atomic E-state index is 13.4. The number of amides is 2. The van der Waals surface area contributed by atoms with E-state index in [0.717, 1.165) is 15.8 Å². The number of rotatable bonds is 8. The second-order valence-corrected chi connectivity index (χ2v) is 9.74. The summed E-state index contributed by atoms with van der Waals surface area (Å²) >= 11 is 1.53. The van der Waals surface area contributed by atoms with E-state index in [2.05, 4.69) is 5.32 Å². The van der Waals surface area contributed by atoms with Crippen LogP contribution in [-0.4, -0.2) is 47.2 Å². The Morgan fingerprint density at radius 2 is 1.94 bits per heavy atom. The first-order valence-electron chi connectivity index (χ1n) is 11.9. The highest BCUT2D eigenvalue weighted by Gasteiger charge is 2.29. The van der Waals surface area contributed by atoms with Crippen LogP contribution >= 0.6 is 11.3 Å². The molecule has 0 atom stereocenters. The zero-order valence-electron chi connectivity index (χ0n) is 20.0. The summed E-state index contributed by atoms with van der Waals surface area (Å²) in [4.78, 5) is 40.1. The molecule has 35 heavy (non-hydrogen) atoms. The van der Waals surface area contributed by atoms with Gasteiger partial charge >= 0.3 is 5.97 Å². The minimum absolute atomic E-state index is 0.0196. The lowest BCUT2D eigenvalue weighted by atomic mass is 9.86. The van der Waals surface area contributed by atoms with Crippen LogP contribution in [0.3, 0.4) is 0 Å². The first-order valence-corrected chi connectivity index (χ1v) is 12.8. The molecule has 4 rings (SSSR count). The van der Waals surface area contributed by atoms with Crippen LogP contribution in [0.4, 0.5) is 5.69 Å². The molecule has 1 aliphatic rings. The van der Waals surface area contributed by atoms with Gasteiger partial charge in [0, 0.05) is 18.3 Å². The van der Waals surface area contributed by atoms with Crippen molar-refractivity contribution in [1.29, 1.82) is 0 Å². The molecule has 2 aromatic heterocycles. The van der Waals surface area contributed by atoms with Gasteiger partial charge in [-0.05, 0) is 67.8 Å². The number of carbonyl (C=O) groups excluding carboxylic acids is 3. The van der Waals surface area contributed by atoms with E-state index in [0.29, 0.717) is 43.6 Å². The SMILES string of the molecule is CCN(C(=O)Cn1c(C(=O)NC2CCC(C(=O)OC)CC2)cc2sccc21)c1cccc(CO)c1. The summed E-state index contributed by atoms with van der Waals surface area (Å²) in [7, 11) is 1.40. The van der Waals surface area contributed by atoms with Gasteiger partial charge in [0.1, 0.15) is 12.2 Å². The van der Waals surface area contributed by atoms with Crippen molar-refractivity contribution in [3.05, 3.63) is 53.0 Å². The Bertz CT molecular complexity index is 1210. The van der Waals surface area contributed by atoms with E-state index < -0.39 is 0 Å². The number of nitrogens with zero attached hydrogens (tertiary/aromatic N) is 2. The third-order valence-electron chi connectivity index (χ3n) is 6.67. The number of thiophene rings is 1. The van der Waals surface area contributed by atoms with Gasteiger partial charge in [0.2, 0.25) is 5.91 Å². The van der Waals surface area contributed by atoms with Crippen LogP contribution < -0.4 is 10.2 Å². The van der Waals surface area contributed by atoms with Gasteiger partial charge in [-0.1, -0.05) is 12.1 Å². The fourth-order valence-corrected chi connectivity index (χ4v) is 5.60. The number of nitrogens with one attached hydrogen (secondary N) is 1. The molecule has 2 heterocycles. The summed E-state index contributed by atoms with van der Waals surface area (Å²) in [6, 6.07) is 11.0. The average molecular weight is 498 g/mol. The number of ether oxygens (including phenoxy) is 1. The maximum Gasteiger partial charge on any atom is 0.308 e. The van der Waals surface area contributed by atoms with Crippen LogP contribution in [0.1, 0.15) is 48.7 Å². The lowest BCUT2D eigenvalue weighted by Crippen LogP contribution is -2.40. The molecule has 0 bridgehead atoms. The summed E-state index contributed by atoms with van der Waals surface area (Å²) in [5.41, 5.74) is 2.75. The van der Waals surface area contributed by atoms with Crippen molar-refractivity contribution in [2.24, 2.45) is 5.92 Å². The highest BCUT2D eigenvalue weighted by molar-refractivity contribution is 7.17. The molecule has 0 aliphatic heterocycles. The van der Waals surface area contributed by atoms with Crippen LogP contribution in [0.5, 0.6) is 0 Å². The van der Waals surface area contributed by atoms with Crippen molar-refractivity contribution in [3.63, 3.8) is 0 Å². The number of aliphatic hydroxyl groups excluding tert-OH is 1. The molecule has 1 aliphatic carbocycles. The molecule has 2 N–H and O–H groups in total. The van der Waals surface area contributed by atoms with E-state index in [-0.39, 0.29) is 42.9 Å². The van der Waals surface area contributed by atoms with Crippen molar-refractivity contribution in [2.45, 2.75) is 51.8 Å². The number of aromatic nitrogens is 1. The number of aliphatic hydroxyl groups is 1. The summed E-state index contributed by atoms with van der Waals surface area (Å²) in [6.07, 6.45) is 2.80. The smallest absolute Gasteiger partial charge is 0.308 e. The minimum Gasteiger partial charge on any atom is -0.469 e. The largest absolute Gasteiger partial charge is 0.469 e. The van der Waals surface area contributed by atoms with Crippen LogP contribution in [0.2, 0.25) is 0 Å². The summed E-state index contributed by atoms with van der Waals surface area (Å²) < 4.78 is 7.58. The number of anilines is 1. The van der Waals surface area contributed by atoms with Crippen LogP contribution in [0.15, 0.2) is 41.8 Å². The Morgan fingerprint density at radius 3 is 2.63 bits per heavy atom. The lowest BCUT2D eigenvalue weighted by Gasteiger charge is -2.27. The molecule has 1 saturated carbocycles. The Kier molecular flexibility index (Phi) is 7.87. The van der Waals surface area contributed by atoms with Crippen molar-refractivity contribution >= 4 is 45.0 Å². The average Bonchev–Trinajstić information content (AvgIpc) is 3.47. The normalized spacial score (nSPS) is 17.8. The second kappa shape index (κ2) is 11.0. The third kappa shape index (κ3) is 5.41. The predicted octanol–water partition coefficient (Wildman–Crippen LogP) is 3.71. The van der Waals surface area contributed by atoms with Gasteiger partial charge in [-0.15, -0.1) is 11.3 Å². The van der Waals surface area contributed by atoms with Gasteiger partial charge in [0.05, 0.1) is 29.9 Å². The lowest BCUT2D eigenvalue weighted by molar-refractivity contribution is -0.146. The summed E-state index contributed by atoms with van der Waals surface area (Å²) in [6.45, 7) is 2.29. The van der Waals surface area contributed by atoms with E-state index in [4.69, 9.17) is 4.74 Å². The Hall–Kier alpha value is -3.17. The molecular weight excluding hydrogens is 466 g/mol. The van der Waals surface area contributed by atoms with Gasteiger partial charge in [0.25, 0.3) is 5.91 Å². The number of fused-ring (bicyclic) bond motifs is 1.